The van der Waals surface area contributed by atoms with Crippen molar-refractivity contribution in [3.63, 3.8) is 0 Å². The smallest absolute Gasteiger partial charge is 0.262 e. The van der Waals surface area contributed by atoms with Crippen LogP contribution in [0.5, 0.6) is 11.5 Å². The van der Waals surface area contributed by atoms with Crippen LogP contribution in [0.2, 0.25) is 0 Å². The second kappa shape index (κ2) is 8.01. The Labute approximate surface area is 146 Å². The fourth-order valence-electron chi connectivity index (χ4n) is 2.27. The molecule has 0 aliphatic heterocycles. The molecule has 2 aromatic carbocycles. The largest absolute Gasteiger partial charge is 0.494 e. The highest BCUT2D eigenvalue weighted by atomic mass is 16.5. The van der Waals surface area contributed by atoms with E-state index >= 15 is 0 Å². The maximum atomic E-state index is 12.0. The van der Waals surface area contributed by atoms with Crippen LogP contribution in [0, 0.1) is 0 Å². The van der Waals surface area contributed by atoms with Crippen LogP contribution >= 0.6 is 0 Å². The van der Waals surface area contributed by atoms with E-state index in [0.29, 0.717) is 18.0 Å². The maximum absolute atomic E-state index is 12.0. The molecule has 3 rings (SSSR count). The molecule has 0 aliphatic carbocycles. The molecule has 25 heavy (non-hydrogen) atoms. The molecule has 0 saturated heterocycles. The van der Waals surface area contributed by atoms with Gasteiger partial charge in [-0.05, 0) is 55.5 Å². The van der Waals surface area contributed by atoms with Crippen molar-refractivity contribution in [3.8, 4) is 17.2 Å². The summed E-state index contributed by atoms with van der Waals surface area (Å²) < 4.78 is 12.7. The van der Waals surface area contributed by atoms with Gasteiger partial charge in [-0.2, -0.15) is 0 Å². The molecule has 0 bridgehead atoms. The number of benzene rings is 2. The first-order valence-electron chi connectivity index (χ1n) is 7.98. The van der Waals surface area contributed by atoms with Crippen molar-refractivity contribution in [2.45, 2.75) is 6.92 Å². The van der Waals surface area contributed by atoms with Gasteiger partial charge in [0.1, 0.15) is 11.5 Å². The number of ether oxygens (including phenoxy) is 2. The number of aromatic nitrogens is 2. The van der Waals surface area contributed by atoms with E-state index in [-0.39, 0.29) is 12.5 Å². The summed E-state index contributed by atoms with van der Waals surface area (Å²) in [6, 6.07) is 14.7. The highest BCUT2D eigenvalue weighted by molar-refractivity contribution is 5.91. The highest BCUT2D eigenvalue weighted by Crippen LogP contribution is 2.18. The third-order valence-corrected chi connectivity index (χ3v) is 3.46. The lowest BCUT2D eigenvalue weighted by Gasteiger charge is -2.09. The molecule has 3 aromatic rings. The third kappa shape index (κ3) is 4.60. The predicted molar refractivity (Wildman–Crippen MR) is 95.3 cm³/mol. The molecule has 0 radical (unpaired) electrons. The number of imidazole rings is 1. The zero-order valence-electron chi connectivity index (χ0n) is 13.9. The number of amides is 1. The predicted octanol–water partition coefficient (Wildman–Crippen LogP) is 3.29. The summed E-state index contributed by atoms with van der Waals surface area (Å²) in [5, 5.41) is 2.80. The van der Waals surface area contributed by atoms with Gasteiger partial charge in [0.15, 0.2) is 6.61 Å². The molecule has 6 nitrogen and oxygen atoms in total. The van der Waals surface area contributed by atoms with Crippen LogP contribution in [-0.4, -0.2) is 28.7 Å². The second-order valence-corrected chi connectivity index (χ2v) is 5.26. The van der Waals surface area contributed by atoms with Crippen LogP contribution in [0.3, 0.4) is 0 Å². The summed E-state index contributed by atoms with van der Waals surface area (Å²) in [5.41, 5.74) is 1.69. The Morgan fingerprint density at radius 2 is 1.72 bits per heavy atom. The van der Waals surface area contributed by atoms with Gasteiger partial charge in [-0.1, -0.05) is 0 Å². The van der Waals surface area contributed by atoms with E-state index < -0.39 is 0 Å². The maximum Gasteiger partial charge on any atom is 0.262 e. The molecular formula is C19H19N3O3. The zero-order valence-corrected chi connectivity index (χ0v) is 13.9. The molecule has 0 unspecified atom stereocenters. The van der Waals surface area contributed by atoms with E-state index in [2.05, 4.69) is 10.3 Å². The van der Waals surface area contributed by atoms with Gasteiger partial charge in [0, 0.05) is 23.8 Å². The normalized spacial score (nSPS) is 10.3. The summed E-state index contributed by atoms with van der Waals surface area (Å²) in [7, 11) is 0. The molecule has 0 spiro atoms. The SMILES string of the molecule is CCOc1ccc(OCC(=O)Nc2ccc(-n3ccnc3)cc2)cc1. The van der Waals surface area contributed by atoms with Crippen molar-refractivity contribution in [2.24, 2.45) is 0 Å². The fourth-order valence-corrected chi connectivity index (χ4v) is 2.27. The Kier molecular flexibility index (Phi) is 5.31. The Morgan fingerprint density at radius 3 is 2.32 bits per heavy atom. The average molecular weight is 337 g/mol. The number of carbonyl (C=O) groups excluding carboxylic acids is 1. The van der Waals surface area contributed by atoms with Gasteiger partial charge in [0.2, 0.25) is 0 Å². The Balaban J connectivity index is 1.50. The van der Waals surface area contributed by atoms with E-state index in [1.165, 1.54) is 0 Å². The van der Waals surface area contributed by atoms with E-state index in [0.717, 1.165) is 11.4 Å². The lowest BCUT2D eigenvalue weighted by molar-refractivity contribution is -0.118. The number of anilines is 1. The number of nitrogens with one attached hydrogen (secondary N) is 1. The van der Waals surface area contributed by atoms with E-state index in [1.54, 1.807) is 24.7 Å². The average Bonchev–Trinajstić information content (AvgIpc) is 3.17. The van der Waals surface area contributed by atoms with Gasteiger partial charge >= 0.3 is 0 Å². The monoisotopic (exact) mass is 337 g/mol. The molecule has 1 N–H and O–H groups in total. The third-order valence-electron chi connectivity index (χ3n) is 3.46. The van der Waals surface area contributed by atoms with E-state index in [4.69, 9.17) is 9.47 Å². The minimum absolute atomic E-state index is 0.0583. The van der Waals surface area contributed by atoms with Crippen LogP contribution in [0.25, 0.3) is 5.69 Å². The highest BCUT2D eigenvalue weighted by Gasteiger charge is 2.05. The van der Waals surface area contributed by atoms with Gasteiger partial charge in [-0.3, -0.25) is 4.79 Å². The molecule has 0 fully saturated rings. The Bertz CT molecular complexity index is 797. The van der Waals surface area contributed by atoms with Gasteiger partial charge in [-0.25, -0.2) is 4.98 Å². The van der Waals surface area contributed by atoms with E-state index in [1.807, 2.05) is 54.1 Å². The number of nitrogens with zero attached hydrogens (tertiary/aromatic N) is 2. The molecule has 1 amide bonds. The number of carbonyl (C=O) groups is 1. The van der Waals surface area contributed by atoms with Gasteiger partial charge in [0.25, 0.3) is 5.91 Å². The molecule has 1 aromatic heterocycles. The molecule has 0 aliphatic rings. The summed E-state index contributed by atoms with van der Waals surface area (Å²) >= 11 is 0. The first kappa shape index (κ1) is 16.6. The first-order chi connectivity index (χ1) is 12.2. The van der Waals surface area contributed by atoms with Crippen molar-refractivity contribution in [1.82, 2.24) is 9.55 Å². The standard InChI is InChI=1S/C19H19N3O3/c1-2-24-17-7-9-18(10-8-17)25-13-19(23)21-15-3-5-16(6-4-15)22-12-11-20-14-22/h3-12,14H,2,13H2,1H3,(H,21,23). The van der Waals surface area contributed by atoms with Crippen molar-refractivity contribution in [2.75, 3.05) is 18.5 Å². The van der Waals surface area contributed by atoms with E-state index in [9.17, 15) is 4.79 Å². The lowest BCUT2D eigenvalue weighted by Crippen LogP contribution is -2.20. The second-order valence-electron chi connectivity index (χ2n) is 5.26. The Hall–Kier alpha value is -3.28. The number of rotatable bonds is 7. The fraction of sp³-hybridized carbons (Fsp3) is 0.158. The van der Waals surface area contributed by atoms with Crippen molar-refractivity contribution < 1.29 is 14.3 Å². The molecule has 6 heteroatoms. The number of hydrogen-bond donors (Lipinski definition) is 1. The minimum atomic E-state index is -0.218. The van der Waals surface area contributed by atoms with Crippen LogP contribution in [0.15, 0.2) is 67.3 Å². The lowest BCUT2D eigenvalue weighted by atomic mass is 10.2. The van der Waals surface area contributed by atoms with Gasteiger partial charge in [0.05, 0.1) is 12.9 Å². The minimum Gasteiger partial charge on any atom is -0.494 e. The van der Waals surface area contributed by atoms with Crippen LogP contribution in [-0.2, 0) is 4.79 Å². The molecule has 0 saturated carbocycles. The summed E-state index contributed by atoms with van der Waals surface area (Å²) in [4.78, 5) is 16.0. The summed E-state index contributed by atoms with van der Waals surface area (Å²) in [6.45, 7) is 2.48. The first-order valence-corrected chi connectivity index (χ1v) is 7.98. The van der Waals surface area contributed by atoms with Gasteiger partial charge in [-0.15, -0.1) is 0 Å². The molecule has 128 valence electrons. The van der Waals surface area contributed by atoms with Crippen LogP contribution in [0.1, 0.15) is 6.92 Å². The zero-order chi connectivity index (χ0) is 17.5. The topological polar surface area (TPSA) is 65.4 Å². The van der Waals surface area contributed by atoms with Gasteiger partial charge < -0.3 is 19.4 Å². The number of hydrogen-bond acceptors (Lipinski definition) is 4. The van der Waals surface area contributed by atoms with Crippen LogP contribution in [0.4, 0.5) is 5.69 Å². The Morgan fingerprint density at radius 1 is 1.04 bits per heavy atom. The van der Waals surface area contributed by atoms with Crippen molar-refractivity contribution >= 4 is 11.6 Å². The van der Waals surface area contributed by atoms with Crippen molar-refractivity contribution in [3.05, 3.63) is 67.3 Å². The summed E-state index contributed by atoms with van der Waals surface area (Å²) in [5.74, 6) is 1.18. The molecular weight excluding hydrogens is 318 g/mol. The van der Waals surface area contributed by atoms with Crippen LogP contribution < -0.4 is 14.8 Å². The van der Waals surface area contributed by atoms with Crippen molar-refractivity contribution in [1.29, 1.82) is 0 Å². The molecule has 1 heterocycles. The summed E-state index contributed by atoms with van der Waals surface area (Å²) in [6.07, 6.45) is 5.30. The quantitative estimate of drug-likeness (QED) is 0.718. The molecule has 0 atom stereocenters.